The normalized spacial score (nSPS) is 10.4. The van der Waals surface area contributed by atoms with Crippen LogP contribution < -0.4 is 5.73 Å². The molecule has 0 aliphatic heterocycles. The van der Waals surface area contributed by atoms with Gasteiger partial charge in [0.25, 0.3) is 0 Å². The van der Waals surface area contributed by atoms with Crippen molar-refractivity contribution in [3.8, 4) is 0 Å². The van der Waals surface area contributed by atoms with Gasteiger partial charge in [-0.25, -0.2) is 0 Å². The van der Waals surface area contributed by atoms with Crippen LogP contribution in [0.15, 0.2) is 12.3 Å². The molecular formula is C4H4N6. The number of nitrogens with two attached hydrogens (primary N) is 1. The van der Waals surface area contributed by atoms with Crippen LogP contribution in [0.2, 0.25) is 0 Å². The molecule has 0 aliphatic rings. The SMILES string of the molecule is Nc1ccnn2nnnc12. The quantitative estimate of drug-likeness (QED) is 0.507. The van der Waals surface area contributed by atoms with E-state index in [9.17, 15) is 0 Å². The van der Waals surface area contributed by atoms with Crippen molar-refractivity contribution in [3.05, 3.63) is 12.3 Å². The smallest absolute Gasteiger partial charge is 0.222 e. The van der Waals surface area contributed by atoms with Crippen LogP contribution in [0.4, 0.5) is 5.69 Å². The zero-order valence-corrected chi connectivity index (χ0v) is 4.97. The van der Waals surface area contributed by atoms with Crippen LogP contribution in [0.25, 0.3) is 5.65 Å². The molecule has 0 bridgehead atoms. The summed E-state index contributed by atoms with van der Waals surface area (Å²) in [5.41, 5.74) is 6.51. The molecule has 2 rings (SSSR count). The van der Waals surface area contributed by atoms with Gasteiger partial charge >= 0.3 is 0 Å². The minimum atomic E-state index is 0.488. The summed E-state index contributed by atoms with van der Waals surface area (Å²) < 4.78 is 1.27. The molecule has 0 aromatic carbocycles. The van der Waals surface area contributed by atoms with Crippen molar-refractivity contribution in [2.45, 2.75) is 0 Å². The number of nitrogen functional groups attached to an aromatic ring is 1. The van der Waals surface area contributed by atoms with E-state index in [1.54, 1.807) is 12.3 Å². The highest BCUT2D eigenvalue weighted by Crippen LogP contribution is 2.03. The lowest BCUT2D eigenvalue weighted by Gasteiger charge is -1.89. The molecule has 0 saturated heterocycles. The molecular weight excluding hydrogens is 132 g/mol. The summed E-state index contributed by atoms with van der Waals surface area (Å²) in [5, 5.41) is 14.4. The summed E-state index contributed by atoms with van der Waals surface area (Å²) in [6.45, 7) is 0. The predicted octanol–water partition coefficient (Wildman–Crippen LogP) is -0.899. The average molecular weight is 136 g/mol. The Morgan fingerprint density at radius 1 is 1.50 bits per heavy atom. The summed E-state index contributed by atoms with van der Waals surface area (Å²) in [5.74, 6) is 0. The van der Waals surface area contributed by atoms with Crippen molar-refractivity contribution in [1.29, 1.82) is 0 Å². The first-order valence-electron chi connectivity index (χ1n) is 2.67. The third-order valence-electron chi connectivity index (χ3n) is 1.14. The fourth-order valence-corrected chi connectivity index (χ4v) is 0.685. The van der Waals surface area contributed by atoms with Crippen molar-refractivity contribution in [2.24, 2.45) is 0 Å². The van der Waals surface area contributed by atoms with Crippen LogP contribution in [0.5, 0.6) is 0 Å². The Morgan fingerprint density at radius 3 is 3.20 bits per heavy atom. The molecule has 10 heavy (non-hydrogen) atoms. The molecule has 2 aromatic rings. The number of rotatable bonds is 0. The lowest BCUT2D eigenvalue weighted by molar-refractivity contribution is 0.733. The van der Waals surface area contributed by atoms with E-state index in [1.807, 2.05) is 0 Å². The summed E-state index contributed by atoms with van der Waals surface area (Å²) in [6.07, 6.45) is 1.54. The van der Waals surface area contributed by atoms with Crippen molar-refractivity contribution in [2.75, 3.05) is 5.73 Å². The van der Waals surface area contributed by atoms with Crippen molar-refractivity contribution >= 4 is 11.3 Å². The first kappa shape index (κ1) is 5.10. The Bertz CT molecular complexity index is 351. The zero-order valence-electron chi connectivity index (χ0n) is 4.97. The van der Waals surface area contributed by atoms with Gasteiger partial charge in [0.15, 0.2) is 0 Å². The van der Waals surface area contributed by atoms with E-state index in [0.29, 0.717) is 11.3 Å². The van der Waals surface area contributed by atoms with Gasteiger partial charge in [0.2, 0.25) is 5.65 Å². The lowest BCUT2D eigenvalue weighted by atomic mass is 10.5. The number of hydrogen-bond donors (Lipinski definition) is 1. The van der Waals surface area contributed by atoms with Gasteiger partial charge in [0, 0.05) is 0 Å². The molecule has 2 aromatic heterocycles. The zero-order chi connectivity index (χ0) is 6.97. The van der Waals surface area contributed by atoms with Crippen LogP contribution in [-0.4, -0.2) is 25.3 Å². The van der Waals surface area contributed by atoms with Crippen molar-refractivity contribution < 1.29 is 0 Å². The lowest BCUT2D eigenvalue weighted by Crippen LogP contribution is -1.96. The van der Waals surface area contributed by atoms with Gasteiger partial charge in [-0.2, -0.15) is 5.10 Å². The molecule has 0 unspecified atom stereocenters. The van der Waals surface area contributed by atoms with E-state index < -0.39 is 0 Å². The van der Waals surface area contributed by atoms with E-state index in [0.717, 1.165) is 0 Å². The fraction of sp³-hybridized carbons (Fsp3) is 0. The number of aromatic nitrogens is 5. The molecule has 0 spiro atoms. The molecule has 2 N–H and O–H groups in total. The maximum Gasteiger partial charge on any atom is 0.222 e. The number of hydrogen-bond acceptors (Lipinski definition) is 5. The summed E-state index contributed by atoms with van der Waals surface area (Å²) in [6, 6.07) is 1.64. The third kappa shape index (κ3) is 0.524. The van der Waals surface area contributed by atoms with Crippen LogP contribution in [-0.2, 0) is 0 Å². The number of tetrazole rings is 1. The van der Waals surface area contributed by atoms with E-state index in [-0.39, 0.29) is 0 Å². The molecule has 0 saturated carbocycles. The highest BCUT2D eigenvalue weighted by molar-refractivity contribution is 5.61. The third-order valence-corrected chi connectivity index (χ3v) is 1.14. The first-order chi connectivity index (χ1) is 4.88. The Morgan fingerprint density at radius 2 is 2.40 bits per heavy atom. The number of fused-ring (bicyclic) bond motifs is 1. The van der Waals surface area contributed by atoms with Crippen LogP contribution in [0, 0.1) is 0 Å². The van der Waals surface area contributed by atoms with Crippen molar-refractivity contribution in [3.63, 3.8) is 0 Å². The molecule has 0 aliphatic carbocycles. The Hall–Kier alpha value is -1.72. The molecule has 0 radical (unpaired) electrons. The maximum absolute atomic E-state index is 5.50. The van der Waals surface area contributed by atoms with E-state index in [2.05, 4.69) is 20.6 Å². The topological polar surface area (TPSA) is 82.0 Å². The molecule has 6 heteroatoms. The van der Waals surface area contributed by atoms with Gasteiger partial charge in [-0.05, 0) is 16.5 Å². The maximum atomic E-state index is 5.50. The fourth-order valence-electron chi connectivity index (χ4n) is 0.685. The van der Waals surface area contributed by atoms with Gasteiger partial charge in [0.1, 0.15) is 0 Å². The highest BCUT2D eigenvalue weighted by atomic mass is 15.6. The summed E-state index contributed by atoms with van der Waals surface area (Å²) >= 11 is 0. The van der Waals surface area contributed by atoms with Crippen molar-refractivity contribution in [1.82, 2.24) is 25.3 Å². The van der Waals surface area contributed by atoms with Gasteiger partial charge in [-0.1, -0.05) is 0 Å². The predicted molar refractivity (Wildman–Crippen MR) is 33.0 cm³/mol. The van der Waals surface area contributed by atoms with Gasteiger partial charge in [-0.3, -0.25) is 0 Å². The Balaban J connectivity index is 2.95. The summed E-state index contributed by atoms with van der Waals surface area (Å²) in [4.78, 5) is 0. The monoisotopic (exact) mass is 136 g/mol. The molecule has 2 heterocycles. The molecule has 0 fully saturated rings. The number of nitrogens with zero attached hydrogens (tertiary/aromatic N) is 5. The molecule has 0 atom stereocenters. The van der Waals surface area contributed by atoms with Crippen LogP contribution in [0.3, 0.4) is 0 Å². The van der Waals surface area contributed by atoms with E-state index >= 15 is 0 Å². The number of anilines is 1. The largest absolute Gasteiger partial charge is 0.396 e. The van der Waals surface area contributed by atoms with E-state index in [1.165, 1.54) is 4.63 Å². The highest BCUT2D eigenvalue weighted by Gasteiger charge is 1.98. The average Bonchev–Trinajstić information content (AvgIpc) is 2.36. The second-order valence-electron chi connectivity index (χ2n) is 1.78. The van der Waals surface area contributed by atoms with Gasteiger partial charge in [-0.15, -0.1) is 9.73 Å². The second-order valence-corrected chi connectivity index (χ2v) is 1.78. The Kier molecular flexibility index (Phi) is 0.830. The molecule has 0 amide bonds. The molecule has 50 valence electrons. The first-order valence-corrected chi connectivity index (χ1v) is 2.67. The van der Waals surface area contributed by atoms with Crippen LogP contribution >= 0.6 is 0 Å². The van der Waals surface area contributed by atoms with Crippen LogP contribution in [0.1, 0.15) is 0 Å². The Labute approximate surface area is 55.6 Å². The minimum Gasteiger partial charge on any atom is -0.396 e. The van der Waals surface area contributed by atoms with Gasteiger partial charge in [0.05, 0.1) is 11.9 Å². The summed E-state index contributed by atoms with van der Waals surface area (Å²) in [7, 11) is 0. The standard InChI is InChI=1S/C4H4N6/c5-3-1-2-6-10-4(3)7-8-9-10/h1-2H,5H2. The molecule has 6 nitrogen and oxygen atoms in total. The minimum absolute atomic E-state index is 0.488. The second kappa shape index (κ2) is 1.63. The van der Waals surface area contributed by atoms with E-state index in [4.69, 9.17) is 5.73 Å². The van der Waals surface area contributed by atoms with Gasteiger partial charge < -0.3 is 5.73 Å².